The number of aromatic nitrogens is 2. The minimum Gasteiger partial charge on any atom is -0.495 e. The first kappa shape index (κ1) is 21.2. The molecule has 1 aromatic carbocycles. The molecular formula is C17H23ClN4O4S. The number of anilines is 1. The quantitative estimate of drug-likeness (QED) is 0.751. The lowest BCUT2D eigenvalue weighted by Gasteiger charge is -2.12. The fraction of sp³-hybridized carbons (Fsp3) is 0.412. The van der Waals surface area contributed by atoms with Gasteiger partial charge >= 0.3 is 0 Å². The van der Waals surface area contributed by atoms with Crippen LogP contribution in [-0.4, -0.2) is 49.6 Å². The lowest BCUT2D eigenvalue weighted by Crippen LogP contribution is -2.23. The maximum atomic E-state index is 12.4. The van der Waals surface area contributed by atoms with Crippen LogP contribution in [0.15, 0.2) is 23.1 Å². The van der Waals surface area contributed by atoms with E-state index in [-0.39, 0.29) is 23.8 Å². The van der Waals surface area contributed by atoms with E-state index in [1.54, 1.807) is 32.0 Å². The third-order valence-electron chi connectivity index (χ3n) is 4.04. The van der Waals surface area contributed by atoms with Crippen molar-refractivity contribution in [3.8, 4) is 5.75 Å². The molecule has 8 nitrogen and oxygen atoms in total. The van der Waals surface area contributed by atoms with Gasteiger partial charge in [-0.25, -0.2) is 12.7 Å². The normalized spacial score (nSPS) is 11.7. The average molecular weight is 415 g/mol. The summed E-state index contributed by atoms with van der Waals surface area (Å²) >= 11 is 6.04. The Morgan fingerprint density at radius 1 is 1.33 bits per heavy atom. The first-order valence-electron chi connectivity index (χ1n) is 8.17. The molecule has 0 aliphatic rings. The van der Waals surface area contributed by atoms with E-state index in [1.807, 2.05) is 0 Å². The monoisotopic (exact) mass is 414 g/mol. The molecule has 1 aromatic heterocycles. The molecule has 0 atom stereocenters. The Morgan fingerprint density at radius 2 is 2.00 bits per heavy atom. The SMILES string of the molecule is COc1ccc(NC(=O)CCn2nc(C)c(S(=O)(=O)N(C)C)c2C)cc1Cl. The van der Waals surface area contributed by atoms with E-state index in [4.69, 9.17) is 16.3 Å². The van der Waals surface area contributed by atoms with Gasteiger partial charge in [0.25, 0.3) is 0 Å². The summed E-state index contributed by atoms with van der Waals surface area (Å²) < 4.78 is 32.6. The van der Waals surface area contributed by atoms with Crippen LogP contribution in [0.2, 0.25) is 5.02 Å². The number of halogens is 1. The molecule has 1 heterocycles. The van der Waals surface area contributed by atoms with Gasteiger partial charge in [0.1, 0.15) is 10.6 Å². The summed E-state index contributed by atoms with van der Waals surface area (Å²) in [7, 11) is 0.862. The van der Waals surface area contributed by atoms with Gasteiger partial charge in [-0.2, -0.15) is 5.10 Å². The summed E-state index contributed by atoms with van der Waals surface area (Å²) in [6.07, 6.45) is 0.132. The summed E-state index contributed by atoms with van der Waals surface area (Å²) in [5, 5.41) is 7.41. The van der Waals surface area contributed by atoms with Gasteiger partial charge in [-0.05, 0) is 32.0 Å². The van der Waals surface area contributed by atoms with Crippen LogP contribution in [0.1, 0.15) is 17.8 Å². The number of benzene rings is 1. The lowest BCUT2D eigenvalue weighted by atomic mass is 10.3. The topological polar surface area (TPSA) is 93.5 Å². The van der Waals surface area contributed by atoms with Crippen molar-refractivity contribution in [3.63, 3.8) is 0 Å². The van der Waals surface area contributed by atoms with E-state index in [0.29, 0.717) is 27.8 Å². The molecule has 148 valence electrons. The van der Waals surface area contributed by atoms with Crippen LogP contribution in [-0.2, 0) is 21.4 Å². The molecule has 0 saturated carbocycles. The molecule has 1 amide bonds. The van der Waals surface area contributed by atoms with Crippen molar-refractivity contribution in [1.29, 1.82) is 0 Å². The number of aryl methyl sites for hydroxylation is 2. The predicted octanol–water partition coefficient (Wildman–Crippen LogP) is 2.44. The van der Waals surface area contributed by atoms with Crippen molar-refractivity contribution in [2.45, 2.75) is 31.7 Å². The predicted molar refractivity (Wildman–Crippen MR) is 104 cm³/mol. The second kappa shape index (κ2) is 8.28. The Hall–Kier alpha value is -2.10. The van der Waals surface area contributed by atoms with Gasteiger partial charge in [-0.15, -0.1) is 0 Å². The molecule has 2 aromatic rings. The van der Waals surface area contributed by atoms with Crippen molar-refractivity contribution in [1.82, 2.24) is 14.1 Å². The molecule has 0 unspecified atom stereocenters. The van der Waals surface area contributed by atoms with Crippen LogP contribution in [0.5, 0.6) is 5.75 Å². The molecule has 27 heavy (non-hydrogen) atoms. The Labute approximate surface area is 164 Å². The Balaban J connectivity index is 2.09. The fourth-order valence-electron chi connectivity index (χ4n) is 2.63. The lowest BCUT2D eigenvalue weighted by molar-refractivity contribution is -0.116. The summed E-state index contributed by atoms with van der Waals surface area (Å²) in [4.78, 5) is 12.4. The zero-order chi connectivity index (χ0) is 20.4. The summed E-state index contributed by atoms with van der Waals surface area (Å²) in [6.45, 7) is 3.57. The van der Waals surface area contributed by atoms with Gasteiger partial charge in [0.2, 0.25) is 15.9 Å². The molecule has 0 bridgehead atoms. The Kier molecular flexibility index (Phi) is 6.50. The Morgan fingerprint density at radius 3 is 2.56 bits per heavy atom. The maximum Gasteiger partial charge on any atom is 0.246 e. The third-order valence-corrected chi connectivity index (χ3v) is 6.40. The van der Waals surface area contributed by atoms with Gasteiger partial charge in [0.15, 0.2) is 0 Å². The van der Waals surface area contributed by atoms with Crippen LogP contribution >= 0.6 is 11.6 Å². The number of ether oxygens (including phenoxy) is 1. The minimum atomic E-state index is -3.59. The number of hydrogen-bond acceptors (Lipinski definition) is 5. The average Bonchev–Trinajstić information content (AvgIpc) is 2.87. The highest BCUT2D eigenvalue weighted by molar-refractivity contribution is 7.89. The van der Waals surface area contributed by atoms with E-state index in [9.17, 15) is 13.2 Å². The molecule has 10 heteroatoms. The molecule has 0 spiro atoms. The first-order valence-corrected chi connectivity index (χ1v) is 9.99. The van der Waals surface area contributed by atoms with Crippen LogP contribution in [0.3, 0.4) is 0 Å². The summed E-state index contributed by atoms with van der Waals surface area (Å²) in [5.74, 6) is 0.285. The second-order valence-corrected chi connectivity index (χ2v) is 8.65. The standard InChI is InChI=1S/C17H23ClN4O4S/c1-11-17(27(24,25)21(3)4)12(2)22(20-11)9-8-16(23)19-13-6-7-15(26-5)14(18)10-13/h6-7,10H,8-9H2,1-5H3,(H,19,23). The van der Waals surface area contributed by atoms with E-state index >= 15 is 0 Å². The van der Waals surface area contributed by atoms with E-state index in [0.717, 1.165) is 4.31 Å². The van der Waals surface area contributed by atoms with Gasteiger partial charge in [-0.3, -0.25) is 9.48 Å². The molecule has 0 radical (unpaired) electrons. The Bertz CT molecular complexity index is 954. The van der Waals surface area contributed by atoms with Crippen molar-refractivity contribution < 1.29 is 17.9 Å². The van der Waals surface area contributed by atoms with Crippen molar-refractivity contribution in [2.75, 3.05) is 26.5 Å². The molecule has 0 aliphatic carbocycles. The van der Waals surface area contributed by atoms with Crippen LogP contribution < -0.4 is 10.1 Å². The first-order chi connectivity index (χ1) is 12.6. The highest BCUT2D eigenvalue weighted by Crippen LogP contribution is 2.27. The number of nitrogens with one attached hydrogen (secondary N) is 1. The van der Waals surface area contributed by atoms with Crippen LogP contribution in [0.4, 0.5) is 5.69 Å². The van der Waals surface area contributed by atoms with Gasteiger partial charge in [0, 0.05) is 26.2 Å². The van der Waals surface area contributed by atoms with Crippen LogP contribution in [0, 0.1) is 13.8 Å². The van der Waals surface area contributed by atoms with E-state index in [1.165, 1.54) is 25.9 Å². The molecule has 1 N–H and O–H groups in total. The molecule has 0 aliphatic heterocycles. The minimum absolute atomic E-state index is 0.132. The van der Waals surface area contributed by atoms with E-state index in [2.05, 4.69) is 10.4 Å². The fourth-order valence-corrected chi connectivity index (χ4v) is 4.14. The van der Waals surface area contributed by atoms with Crippen molar-refractivity contribution in [2.24, 2.45) is 0 Å². The van der Waals surface area contributed by atoms with Crippen LogP contribution in [0.25, 0.3) is 0 Å². The third kappa shape index (κ3) is 4.60. The highest BCUT2D eigenvalue weighted by atomic mass is 35.5. The molecule has 2 rings (SSSR count). The van der Waals surface area contributed by atoms with Crippen molar-refractivity contribution >= 4 is 33.2 Å². The zero-order valence-electron chi connectivity index (χ0n) is 15.9. The number of hydrogen-bond donors (Lipinski definition) is 1. The van der Waals surface area contributed by atoms with E-state index < -0.39 is 10.0 Å². The van der Waals surface area contributed by atoms with Gasteiger partial charge < -0.3 is 10.1 Å². The number of carbonyl (C=O) groups excluding carboxylic acids is 1. The zero-order valence-corrected chi connectivity index (χ0v) is 17.5. The maximum absolute atomic E-state index is 12.4. The summed E-state index contributed by atoms with van der Waals surface area (Å²) in [6, 6.07) is 4.95. The molecule has 0 fully saturated rings. The van der Waals surface area contributed by atoms with Gasteiger partial charge in [-0.1, -0.05) is 11.6 Å². The number of sulfonamides is 1. The van der Waals surface area contributed by atoms with Crippen molar-refractivity contribution in [3.05, 3.63) is 34.6 Å². The van der Waals surface area contributed by atoms with Gasteiger partial charge in [0.05, 0.1) is 30.1 Å². The second-order valence-electron chi connectivity index (χ2n) is 6.16. The highest BCUT2D eigenvalue weighted by Gasteiger charge is 2.26. The number of methoxy groups -OCH3 is 1. The smallest absolute Gasteiger partial charge is 0.246 e. The largest absolute Gasteiger partial charge is 0.495 e. The molecule has 0 saturated heterocycles. The number of amides is 1. The number of carbonyl (C=O) groups is 1. The molecular weight excluding hydrogens is 392 g/mol. The number of nitrogens with zero attached hydrogens (tertiary/aromatic N) is 3. The summed E-state index contributed by atoms with van der Waals surface area (Å²) in [5.41, 5.74) is 1.46. The number of rotatable bonds is 7.